The van der Waals surface area contributed by atoms with E-state index in [0.29, 0.717) is 17.7 Å². The number of halogens is 3. The molecule has 1 aliphatic heterocycles. The van der Waals surface area contributed by atoms with Gasteiger partial charge in [0.05, 0.1) is 12.6 Å². The van der Waals surface area contributed by atoms with Crippen LogP contribution in [0.1, 0.15) is 22.7 Å². The highest BCUT2D eigenvalue weighted by atomic mass is 19.4. The van der Waals surface area contributed by atoms with Gasteiger partial charge in [-0.05, 0) is 30.2 Å². The van der Waals surface area contributed by atoms with Crippen LogP contribution in [-0.2, 0) is 16.1 Å². The second-order valence-corrected chi connectivity index (χ2v) is 7.59. The molecule has 2 heterocycles. The van der Waals surface area contributed by atoms with Crippen LogP contribution >= 0.6 is 0 Å². The third-order valence-electron chi connectivity index (χ3n) is 5.24. The fourth-order valence-corrected chi connectivity index (χ4v) is 3.68. The summed E-state index contributed by atoms with van der Waals surface area (Å²) in [5, 5.41) is 0. The molecule has 0 aliphatic carbocycles. The maximum Gasteiger partial charge on any atom is 0.573 e. The molecule has 1 fully saturated rings. The van der Waals surface area contributed by atoms with E-state index in [1.54, 1.807) is 23.2 Å². The van der Waals surface area contributed by atoms with Crippen LogP contribution in [-0.4, -0.2) is 35.4 Å². The molecule has 1 saturated heterocycles. The number of rotatable bonds is 5. The second kappa shape index (κ2) is 9.00. The van der Waals surface area contributed by atoms with E-state index in [1.165, 1.54) is 24.4 Å². The van der Waals surface area contributed by atoms with Crippen molar-refractivity contribution in [1.29, 1.82) is 0 Å². The minimum Gasteiger partial charge on any atom is -0.405 e. The molecular weight excluding hydrogens is 421 g/mol. The van der Waals surface area contributed by atoms with Gasteiger partial charge in [0.15, 0.2) is 0 Å². The molecule has 166 valence electrons. The van der Waals surface area contributed by atoms with Crippen LogP contribution in [0.5, 0.6) is 5.75 Å². The Labute approximate surface area is 183 Å². The summed E-state index contributed by atoms with van der Waals surface area (Å²) >= 11 is 0. The first kappa shape index (κ1) is 21.8. The van der Waals surface area contributed by atoms with Crippen LogP contribution in [0.25, 0.3) is 11.1 Å². The van der Waals surface area contributed by atoms with E-state index in [4.69, 9.17) is 4.74 Å². The van der Waals surface area contributed by atoms with Gasteiger partial charge in [-0.2, -0.15) is 0 Å². The molecule has 1 aliphatic rings. The van der Waals surface area contributed by atoms with Crippen molar-refractivity contribution in [3.63, 3.8) is 0 Å². The normalized spacial score (nSPS) is 16.8. The summed E-state index contributed by atoms with van der Waals surface area (Å²) in [6.07, 6.45) is -1.74. The van der Waals surface area contributed by atoms with Crippen molar-refractivity contribution in [2.75, 3.05) is 13.2 Å². The lowest BCUT2D eigenvalue weighted by Crippen LogP contribution is -2.43. The monoisotopic (exact) mass is 442 g/mol. The molecule has 0 radical (unpaired) electrons. The molecule has 1 unspecified atom stereocenters. The average molecular weight is 442 g/mol. The number of carbonyl (C=O) groups is 1. The van der Waals surface area contributed by atoms with E-state index in [-0.39, 0.29) is 30.4 Å². The highest BCUT2D eigenvalue weighted by molar-refractivity contribution is 5.79. The topological polar surface area (TPSA) is 51.7 Å². The zero-order chi connectivity index (χ0) is 22.7. The number of aromatic nitrogens is 1. The molecular formula is C24H21F3N2O3. The molecule has 0 N–H and O–H groups in total. The van der Waals surface area contributed by atoms with E-state index in [9.17, 15) is 18.0 Å². The average Bonchev–Trinajstić information content (AvgIpc) is 2.76. The van der Waals surface area contributed by atoms with Gasteiger partial charge >= 0.3 is 6.36 Å². The number of amides is 1. The third kappa shape index (κ3) is 5.08. The number of pyridine rings is 1. The summed E-state index contributed by atoms with van der Waals surface area (Å²) in [7, 11) is 0. The molecule has 32 heavy (non-hydrogen) atoms. The van der Waals surface area contributed by atoms with Gasteiger partial charge in [0, 0.05) is 30.1 Å². The van der Waals surface area contributed by atoms with E-state index in [2.05, 4.69) is 9.72 Å². The summed E-state index contributed by atoms with van der Waals surface area (Å²) in [6, 6.07) is 15.1. The summed E-state index contributed by atoms with van der Waals surface area (Å²) < 4.78 is 48.2. The fourth-order valence-electron chi connectivity index (χ4n) is 3.68. The zero-order valence-corrected chi connectivity index (χ0v) is 17.3. The number of alkyl halides is 3. The van der Waals surface area contributed by atoms with Crippen molar-refractivity contribution in [1.82, 2.24) is 9.88 Å². The smallest absolute Gasteiger partial charge is 0.405 e. The van der Waals surface area contributed by atoms with Crippen LogP contribution in [0, 0.1) is 6.92 Å². The molecule has 2 aromatic carbocycles. The predicted molar refractivity (Wildman–Crippen MR) is 112 cm³/mol. The van der Waals surface area contributed by atoms with Gasteiger partial charge in [-0.25, -0.2) is 0 Å². The van der Waals surface area contributed by atoms with Crippen molar-refractivity contribution in [3.8, 4) is 16.9 Å². The standard InChI is InChI=1S/C24H21F3N2O3/c1-16-6-8-17(9-7-16)13-29-21(14-31-15-23(29)30)19-10-18(11-28-12-19)20-4-2-3-5-22(20)32-24(25,26)27/h2-12,21H,13-15H2,1H3. The molecule has 4 rings (SSSR count). The number of carbonyl (C=O) groups excluding carboxylic acids is 1. The number of aryl methyl sites for hydroxylation is 1. The lowest BCUT2D eigenvalue weighted by Gasteiger charge is -2.36. The van der Waals surface area contributed by atoms with Crippen molar-refractivity contribution in [3.05, 3.63) is 83.7 Å². The van der Waals surface area contributed by atoms with Gasteiger partial charge in [-0.3, -0.25) is 9.78 Å². The Balaban J connectivity index is 1.66. The third-order valence-corrected chi connectivity index (χ3v) is 5.24. The Morgan fingerprint density at radius 3 is 2.62 bits per heavy atom. The molecule has 8 heteroatoms. The summed E-state index contributed by atoms with van der Waals surface area (Å²) in [6.45, 7) is 2.64. The van der Waals surface area contributed by atoms with Gasteiger partial charge in [-0.15, -0.1) is 13.2 Å². The summed E-state index contributed by atoms with van der Waals surface area (Å²) in [4.78, 5) is 18.6. The quantitative estimate of drug-likeness (QED) is 0.555. The summed E-state index contributed by atoms with van der Waals surface area (Å²) in [5.41, 5.74) is 3.48. The number of ether oxygens (including phenoxy) is 2. The first-order valence-electron chi connectivity index (χ1n) is 10.0. The van der Waals surface area contributed by atoms with Crippen LogP contribution in [0.15, 0.2) is 67.0 Å². The molecule has 5 nitrogen and oxygen atoms in total. The van der Waals surface area contributed by atoms with Gasteiger partial charge in [0.1, 0.15) is 12.4 Å². The molecule has 1 atom stereocenters. The Kier molecular flexibility index (Phi) is 6.14. The first-order chi connectivity index (χ1) is 15.3. The number of hydrogen-bond donors (Lipinski definition) is 0. The first-order valence-corrected chi connectivity index (χ1v) is 10.0. The van der Waals surface area contributed by atoms with Crippen molar-refractivity contribution in [2.45, 2.75) is 25.9 Å². The van der Waals surface area contributed by atoms with Crippen molar-refractivity contribution >= 4 is 5.91 Å². The van der Waals surface area contributed by atoms with E-state index >= 15 is 0 Å². The number of para-hydroxylation sites is 1. The lowest BCUT2D eigenvalue weighted by atomic mass is 10.00. The lowest BCUT2D eigenvalue weighted by molar-refractivity contribution is -0.274. The summed E-state index contributed by atoms with van der Waals surface area (Å²) in [5.74, 6) is -0.473. The molecule has 3 aromatic rings. The molecule has 1 amide bonds. The Morgan fingerprint density at radius 1 is 1.12 bits per heavy atom. The largest absolute Gasteiger partial charge is 0.573 e. The molecule has 0 spiro atoms. The van der Waals surface area contributed by atoms with Gasteiger partial charge < -0.3 is 14.4 Å². The van der Waals surface area contributed by atoms with Crippen molar-refractivity contribution in [2.24, 2.45) is 0 Å². The minimum atomic E-state index is -4.81. The molecule has 0 bridgehead atoms. The number of benzene rings is 2. The SMILES string of the molecule is Cc1ccc(CN2C(=O)COCC2c2cncc(-c3ccccc3OC(F)(F)F)c2)cc1. The highest BCUT2D eigenvalue weighted by Gasteiger charge is 2.33. The van der Waals surface area contributed by atoms with E-state index < -0.39 is 12.4 Å². The van der Waals surface area contributed by atoms with Crippen LogP contribution < -0.4 is 4.74 Å². The molecule has 0 saturated carbocycles. The Bertz CT molecular complexity index is 1100. The number of hydrogen-bond acceptors (Lipinski definition) is 4. The minimum absolute atomic E-state index is 0.0161. The zero-order valence-electron chi connectivity index (χ0n) is 17.3. The maximum atomic E-state index is 12.8. The van der Waals surface area contributed by atoms with E-state index in [0.717, 1.165) is 11.1 Å². The highest BCUT2D eigenvalue weighted by Crippen LogP contribution is 2.35. The van der Waals surface area contributed by atoms with Gasteiger partial charge in [0.2, 0.25) is 5.91 Å². The molecule has 1 aromatic heterocycles. The van der Waals surface area contributed by atoms with Gasteiger partial charge in [-0.1, -0.05) is 48.0 Å². The Hall–Kier alpha value is -3.39. The maximum absolute atomic E-state index is 12.8. The predicted octanol–water partition coefficient (Wildman–Crippen LogP) is 5.06. The fraction of sp³-hybridized carbons (Fsp3) is 0.250. The van der Waals surface area contributed by atoms with E-state index in [1.807, 2.05) is 31.2 Å². The van der Waals surface area contributed by atoms with Crippen LogP contribution in [0.4, 0.5) is 13.2 Å². The van der Waals surface area contributed by atoms with Gasteiger partial charge in [0.25, 0.3) is 0 Å². The van der Waals surface area contributed by atoms with Crippen LogP contribution in [0.3, 0.4) is 0 Å². The number of morpholine rings is 1. The van der Waals surface area contributed by atoms with Crippen molar-refractivity contribution < 1.29 is 27.4 Å². The number of nitrogens with zero attached hydrogens (tertiary/aromatic N) is 2. The van der Waals surface area contributed by atoms with Crippen LogP contribution in [0.2, 0.25) is 0 Å². The second-order valence-electron chi connectivity index (χ2n) is 7.59. The Morgan fingerprint density at radius 2 is 1.88 bits per heavy atom.